The number of carbonyl (C=O) groups excluding carboxylic acids is 1. The van der Waals surface area contributed by atoms with E-state index in [0.717, 1.165) is 12.8 Å². The van der Waals surface area contributed by atoms with Crippen LogP contribution in [0.5, 0.6) is 0 Å². The third kappa shape index (κ3) is 6.08. The summed E-state index contributed by atoms with van der Waals surface area (Å²) in [5.41, 5.74) is 0. The molecule has 0 heterocycles. The van der Waals surface area contributed by atoms with Crippen LogP contribution < -0.4 is 0 Å². The summed E-state index contributed by atoms with van der Waals surface area (Å²) in [5.74, 6) is 0.986. The highest BCUT2D eigenvalue weighted by Gasteiger charge is 2.07. The van der Waals surface area contributed by atoms with Crippen molar-refractivity contribution < 1.29 is 4.79 Å². The van der Waals surface area contributed by atoms with Gasteiger partial charge in [-0.3, -0.25) is 0 Å². The average Bonchev–Trinajstić information content (AvgIpc) is 1.97. The molecule has 0 aromatic heterocycles. The monoisotopic (exact) mass is 156 g/mol. The molecule has 0 fully saturated rings. The Morgan fingerprint density at radius 3 is 2.36 bits per heavy atom. The minimum absolute atomic E-state index is 0.341. The lowest BCUT2D eigenvalue weighted by atomic mass is 9.94. The van der Waals surface area contributed by atoms with Gasteiger partial charge in [-0.25, -0.2) is 0 Å². The molecular formula is C10H20O. The van der Waals surface area contributed by atoms with Gasteiger partial charge in [0.25, 0.3) is 0 Å². The third-order valence-electron chi connectivity index (χ3n) is 2.12. The number of rotatable bonds is 6. The second-order valence-corrected chi connectivity index (χ2v) is 3.32. The Kier molecular flexibility index (Phi) is 6.19. The normalized spacial score (nSPS) is 13.0. The van der Waals surface area contributed by atoms with Gasteiger partial charge in [0.2, 0.25) is 0 Å². The Bertz CT molecular complexity index is 107. The zero-order valence-electron chi connectivity index (χ0n) is 8.02. The van der Waals surface area contributed by atoms with E-state index < -0.39 is 0 Å². The molecule has 0 unspecified atom stereocenters. The van der Waals surface area contributed by atoms with Crippen molar-refractivity contribution in [2.75, 3.05) is 0 Å². The van der Waals surface area contributed by atoms with Crippen molar-refractivity contribution >= 4 is 5.78 Å². The van der Waals surface area contributed by atoms with Gasteiger partial charge in [-0.2, -0.15) is 0 Å². The molecule has 0 radical (unpaired) electrons. The van der Waals surface area contributed by atoms with Gasteiger partial charge < -0.3 is 4.79 Å². The maximum atomic E-state index is 10.8. The minimum atomic E-state index is 0.341. The van der Waals surface area contributed by atoms with E-state index in [1.807, 2.05) is 0 Å². The topological polar surface area (TPSA) is 17.1 Å². The molecule has 0 aliphatic carbocycles. The van der Waals surface area contributed by atoms with Crippen LogP contribution in [0.4, 0.5) is 0 Å². The first kappa shape index (κ1) is 10.7. The van der Waals surface area contributed by atoms with Gasteiger partial charge in [-0.1, -0.05) is 39.5 Å². The number of hydrogen-bond acceptors (Lipinski definition) is 1. The molecule has 0 bridgehead atoms. The van der Waals surface area contributed by atoms with E-state index in [1.54, 1.807) is 6.92 Å². The summed E-state index contributed by atoms with van der Waals surface area (Å²) in [6.45, 7) is 6.05. The Balaban J connectivity index is 3.49. The molecule has 0 spiro atoms. The van der Waals surface area contributed by atoms with Crippen molar-refractivity contribution in [3.05, 3.63) is 0 Å². The summed E-state index contributed by atoms with van der Waals surface area (Å²) in [6.07, 6.45) is 5.68. The standard InChI is InChI=1S/C10H20O/c1-4-6-7-10(5-2)8-9(3)11/h10H,4-8H2,1-3H3/t10-/m1/s1. The number of Topliss-reactive ketones (excluding diaryl/α,β-unsaturated/α-hetero) is 1. The number of unbranched alkanes of at least 4 members (excludes halogenated alkanes) is 1. The smallest absolute Gasteiger partial charge is 0.130 e. The second-order valence-electron chi connectivity index (χ2n) is 3.32. The highest BCUT2D eigenvalue weighted by atomic mass is 16.1. The zero-order chi connectivity index (χ0) is 8.69. The van der Waals surface area contributed by atoms with E-state index in [2.05, 4.69) is 13.8 Å². The third-order valence-corrected chi connectivity index (χ3v) is 2.12. The van der Waals surface area contributed by atoms with Crippen molar-refractivity contribution in [2.24, 2.45) is 5.92 Å². The molecule has 0 aromatic rings. The Hall–Kier alpha value is -0.330. The van der Waals surface area contributed by atoms with Crippen molar-refractivity contribution in [2.45, 2.75) is 52.9 Å². The van der Waals surface area contributed by atoms with E-state index >= 15 is 0 Å². The summed E-state index contributed by atoms with van der Waals surface area (Å²) in [4.78, 5) is 10.8. The van der Waals surface area contributed by atoms with Gasteiger partial charge in [0.1, 0.15) is 5.78 Å². The first-order valence-electron chi connectivity index (χ1n) is 4.70. The van der Waals surface area contributed by atoms with Crippen LogP contribution in [0.25, 0.3) is 0 Å². The van der Waals surface area contributed by atoms with Crippen molar-refractivity contribution in [3.8, 4) is 0 Å². The molecule has 0 saturated heterocycles. The fourth-order valence-electron chi connectivity index (χ4n) is 1.35. The molecule has 1 heteroatoms. The number of ketones is 1. The fraction of sp³-hybridized carbons (Fsp3) is 0.900. The molecular weight excluding hydrogens is 136 g/mol. The summed E-state index contributed by atoms with van der Waals surface area (Å²) in [5, 5.41) is 0. The van der Waals surface area contributed by atoms with E-state index in [-0.39, 0.29) is 0 Å². The molecule has 0 aliphatic heterocycles. The van der Waals surface area contributed by atoms with Crippen LogP contribution in [0.2, 0.25) is 0 Å². The van der Waals surface area contributed by atoms with Crippen LogP contribution in [0.3, 0.4) is 0 Å². The average molecular weight is 156 g/mol. The molecule has 11 heavy (non-hydrogen) atoms. The van der Waals surface area contributed by atoms with Crippen LogP contribution in [0.1, 0.15) is 52.9 Å². The van der Waals surface area contributed by atoms with Gasteiger partial charge in [-0.15, -0.1) is 0 Å². The predicted molar refractivity (Wildman–Crippen MR) is 48.6 cm³/mol. The number of carbonyl (C=O) groups is 1. The molecule has 1 atom stereocenters. The Morgan fingerprint density at radius 1 is 1.36 bits per heavy atom. The Labute approximate surface area is 70.2 Å². The summed E-state index contributed by atoms with van der Waals surface area (Å²) in [7, 11) is 0. The van der Waals surface area contributed by atoms with Crippen LogP contribution >= 0.6 is 0 Å². The lowest BCUT2D eigenvalue weighted by Crippen LogP contribution is -2.04. The minimum Gasteiger partial charge on any atom is -0.300 e. The van der Waals surface area contributed by atoms with Crippen LogP contribution in [0, 0.1) is 5.92 Å². The molecule has 0 aliphatic rings. The zero-order valence-corrected chi connectivity index (χ0v) is 8.02. The van der Waals surface area contributed by atoms with Crippen molar-refractivity contribution in [1.82, 2.24) is 0 Å². The second kappa shape index (κ2) is 6.38. The fourth-order valence-corrected chi connectivity index (χ4v) is 1.35. The van der Waals surface area contributed by atoms with E-state index in [4.69, 9.17) is 0 Å². The van der Waals surface area contributed by atoms with E-state index in [0.29, 0.717) is 11.7 Å². The van der Waals surface area contributed by atoms with Gasteiger partial charge in [0.15, 0.2) is 0 Å². The summed E-state index contributed by atoms with van der Waals surface area (Å²) >= 11 is 0. The quantitative estimate of drug-likeness (QED) is 0.577. The molecule has 0 rings (SSSR count). The maximum Gasteiger partial charge on any atom is 0.130 e. The van der Waals surface area contributed by atoms with E-state index in [9.17, 15) is 4.79 Å². The highest BCUT2D eigenvalue weighted by Crippen LogP contribution is 2.16. The van der Waals surface area contributed by atoms with Gasteiger partial charge in [-0.05, 0) is 12.8 Å². The highest BCUT2D eigenvalue weighted by molar-refractivity contribution is 5.75. The molecule has 0 saturated carbocycles. The number of hydrogen-bond donors (Lipinski definition) is 0. The molecule has 1 nitrogen and oxygen atoms in total. The van der Waals surface area contributed by atoms with Crippen LogP contribution in [0.15, 0.2) is 0 Å². The van der Waals surface area contributed by atoms with Crippen LogP contribution in [-0.2, 0) is 4.79 Å². The van der Waals surface area contributed by atoms with Gasteiger partial charge in [0.05, 0.1) is 0 Å². The SMILES string of the molecule is CCCC[C@@H](CC)CC(C)=O. The molecule has 0 aromatic carbocycles. The summed E-state index contributed by atoms with van der Waals surface area (Å²) < 4.78 is 0. The maximum absolute atomic E-state index is 10.8. The van der Waals surface area contributed by atoms with Crippen molar-refractivity contribution in [1.29, 1.82) is 0 Å². The lowest BCUT2D eigenvalue weighted by molar-refractivity contribution is -0.117. The molecule has 0 amide bonds. The van der Waals surface area contributed by atoms with Gasteiger partial charge in [0, 0.05) is 6.42 Å². The van der Waals surface area contributed by atoms with Crippen molar-refractivity contribution in [3.63, 3.8) is 0 Å². The lowest BCUT2D eigenvalue weighted by Gasteiger charge is -2.11. The first-order chi connectivity index (χ1) is 5.20. The van der Waals surface area contributed by atoms with Gasteiger partial charge >= 0.3 is 0 Å². The predicted octanol–water partition coefficient (Wildman–Crippen LogP) is 3.18. The molecule has 66 valence electrons. The van der Waals surface area contributed by atoms with E-state index in [1.165, 1.54) is 19.3 Å². The first-order valence-corrected chi connectivity index (χ1v) is 4.70. The largest absolute Gasteiger partial charge is 0.300 e. The Morgan fingerprint density at radius 2 is 2.00 bits per heavy atom. The molecule has 0 N–H and O–H groups in total. The van der Waals surface area contributed by atoms with Crippen LogP contribution in [-0.4, -0.2) is 5.78 Å². The summed E-state index contributed by atoms with van der Waals surface area (Å²) in [6, 6.07) is 0.